The molecule has 8 heteroatoms. The average molecular weight is 328 g/mol. The number of amides is 1. The van der Waals surface area contributed by atoms with Crippen molar-refractivity contribution in [2.75, 3.05) is 5.43 Å². The Kier molecular flexibility index (Phi) is 5.20. The molecule has 0 spiro atoms. The predicted octanol–water partition coefficient (Wildman–Crippen LogP) is 2.78. The Morgan fingerprint density at radius 2 is 2.05 bits per heavy atom. The normalized spacial score (nSPS) is 16.8. The lowest BCUT2D eigenvalue weighted by atomic mass is 9.82. The van der Waals surface area contributed by atoms with E-state index in [1.165, 1.54) is 18.2 Å². The van der Waals surface area contributed by atoms with Crippen molar-refractivity contribution in [3.63, 3.8) is 0 Å². The summed E-state index contributed by atoms with van der Waals surface area (Å²) in [5.41, 5.74) is 4.37. The zero-order chi connectivity index (χ0) is 16.2. The van der Waals surface area contributed by atoms with Crippen LogP contribution in [0.15, 0.2) is 18.2 Å². The molecule has 1 aromatic rings. The van der Waals surface area contributed by atoms with Crippen LogP contribution in [-0.4, -0.2) is 21.5 Å². The third-order valence-corrected chi connectivity index (χ3v) is 4.09. The number of anilines is 1. The zero-order valence-corrected chi connectivity index (χ0v) is 12.7. The minimum atomic E-state index is -0.941. The van der Waals surface area contributed by atoms with E-state index in [1.807, 2.05) is 0 Å². The van der Waals surface area contributed by atoms with Crippen molar-refractivity contribution in [2.24, 2.45) is 0 Å². The topological polar surface area (TPSA) is 104 Å². The van der Waals surface area contributed by atoms with E-state index in [9.17, 15) is 20.0 Å². The highest BCUT2D eigenvalue weighted by Crippen LogP contribution is 2.31. The number of nitro groups is 1. The highest BCUT2D eigenvalue weighted by Gasteiger charge is 2.31. The van der Waals surface area contributed by atoms with Crippen molar-refractivity contribution >= 4 is 28.9 Å². The van der Waals surface area contributed by atoms with Crippen LogP contribution in [0.1, 0.15) is 38.5 Å². The lowest BCUT2D eigenvalue weighted by molar-refractivity contribution is -0.384. The quantitative estimate of drug-likeness (QED) is 0.569. The van der Waals surface area contributed by atoms with Crippen LogP contribution in [0.25, 0.3) is 0 Å². The van der Waals surface area contributed by atoms with Crippen molar-refractivity contribution in [3.8, 4) is 0 Å². The molecular weight excluding hydrogens is 310 g/mol. The number of hydrazine groups is 1. The molecule has 0 atom stereocenters. The van der Waals surface area contributed by atoms with Gasteiger partial charge < -0.3 is 5.11 Å². The van der Waals surface area contributed by atoms with Gasteiger partial charge in [0.1, 0.15) is 0 Å². The molecule has 1 amide bonds. The van der Waals surface area contributed by atoms with Gasteiger partial charge in [-0.25, -0.2) is 0 Å². The summed E-state index contributed by atoms with van der Waals surface area (Å²) in [5, 5.41) is 21.0. The molecule has 0 aliphatic heterocycles. The third-order valence-electron chi connectivity index (χ3n) is 3.77. The number of nitrogens with zero attached hydrogens (tertiary/aromatic N) is 1. The summed E-state index contributed by atoms with van der Waals surface area (Å²) >= 11 is 5.91. The minimum absolute atomic E-state index is 0.0185. The second-order valence-electron chi connectivity index (χ2n) is 5.56. The van der Waals surface area contributed by atoms with Crippen LogP contribution in [0.5, 0.6) is 0 Å². The number of benzene rings is 1. The molecule has 0 saturated heterocycles. The first-order chi connectivity index (χ1) is 10.4. The van der Waals surface area contributed by atoms with Crippen molar-refractivity contribution in [3.05, 3.63) is 33.3 Å². The van der Waals surface area contributed by atoms with Gasteiger partial charge >= 0.3 is 0 Å². The predicted molar refractivity (Wildman–Crippen MR) is 82.5 cm³/mol. The molecule has 3 N–H and O–H groups in total. The SMILES string of the molecule is O=C(CC1(O)CCCCC1)NNc1ccc([N+](=O)[O-])cc1Cl. The summed E-state index contributed by atoms with van der Waals surface area (Å²) in [5.74, 6) is -0.348. The maximum absolute atomic E-state index is 11.9. The van der Waals surface area contributed by atoms with Crippen LogP contribution in [0.3, 0.4) is 0 Å². The van der Waals surface area contributed by atoms with E-state index >= 15 is 0 Å². The molecule has 1 aliphatic carbocycles. The molecule has 0 unspecified atom stereocenters. The van der Waals surface area contributed by atoms with Gasteiger partial charge in [-0.2, -0.15) is 0 Å². The maximum Gasteiger partial charge on any atom is 0.271 e. The molecule has 120 valence electrons. The lowest BCUT2D eigenvalue weighted by Crippen LogP contribution is -2.40. The van der Waals surface area contributed by atoms with E-state index in [1.54, 1.807) is 0 Å². The Hall–Kier alpha value is -1.86. The monoisotopic (exact) mass is 327 g/mol. The number of rotatable bonds is 5. The minimum Gasteiger partial charge on any atom is -0.389 e. The number of carbonyl (C=O) groups excluding carboxylic acids is 1. The van der Waals surface area contributed by atoms with Crippen molar-refractivity contribution in [1.82, 2.24) is 5.43 Å². The van der Waals surface area contributed by atoms with Crippen LogP contribution in [0, 0.1) is 10.1 Å². The molecule has 2 rings (SSSR count). The van der Waals surface area contributed by atoms with E-state index in [4.69, 9.17) is 11.6 Å². The molecule has 0 heterocycles. The fourth-order valence-electron chi connectivity index (χ4n) is 2.59. The van der Waals surface area contributed by atoms with E-state index < -0.39 is 10.5 Å². The Morgan fingerprint density at radius 1 is 1.36 bits per heavy atom. The highest BCUT2D eigenvalue weighted by atomic mass is 35.5. The number of carbonyl (C=O) groups is 1. The Bertz CT molecular complexity index is 573. The Morgan fingerprint density at radius 3 is 2.64 bits per heavy atom. The summed E-state index contributed by atoms with van der Waals surface area (Å²) in [6.07, 6.45) is 4.19. The number of nitrogens with one attached hydrogen (secondary N) is 2. The van der Waals surface area contributed by atoms with Gasteiger partial charge in [0.15, 0.2) is 0 Å². The van der Waals surface area contributed by atoms with E-state index in [0.29, 0.717) is 18.5 Å². The first kappa shape index (κ1) is 16.5. The fraction of sp³-hybridized carbons (Fsp3) is 0.500. The highest BCUT2D eigenvalue weighted by molar-refractivity contribution is 6.33. The van der Waals surface area contributed by atoms with Crippen molar-refractivity contribution in [2.45, 2.75) is 44.1 Å². The molecule has 22 heavy (non-hydrogen) atoms. The largest absolute Gasteiger partial charge is 0.389 e. The van der Waals surface area contributed by atoms with Crippen molar-refractivity contribution < 1.29 is 14.8 Å². The first-order valence-corrected chi connectivity index (χ1v) is 7.49. The van der Waals surface area contributed by atoms with Crippen LogP contribution < -0.4 is 10.9 Å². The van der Waals surface area contributed by atoms with Gasteiger partial charge in [-0.3, -0.25) is 25.8 Å². The molecule has 1 aliphatic rings. The maximum atomic E-state index is 11.9. The lowest BCUT2D eigenvalue weighted by Gasteiger charge is -2.31. The van der Waals surface area contributed by atoms with E-state index in [0.717, 1.165) is 19.3 Å². The summed E-state index contributed by atoms with van der Waals surface area (Å²) in [6, 6.07) is 3.90. The van der Waals surface area contributed by atoms with Gasteiger partial charge in [-0.1, -0.05) is 30.9 Å². The molecule has 0 radical (unpaired) electrons. The Labute approximate surface area is 132 Å². The number of halogens is 1. The smallest absolute Gasteiger partial charge is 0.271 e. The van der Waals surface area contributed by atoms with Gasteiger partial charge in [0.25, 0.3) is 5.69 Å². The summed E-state index contributed by atoms with van der Waals surface area (Å²) in [7, 11) is 0. The van der Waals surface area contributed by atoms with Gasteiger partial charge in [-0.15, -0.1) is 0 Å². The second kappa shape index (κ2) is 6.93. The summed E-state index contributed by atoms with van der Waals surface area (Å²) in [6.45, 7) is 0. The number of nitro benzene ring substituents is 1. The zero-order valence-electron chi connectivity index (χ0n) is 12.0. The Balaban J connectivity index is 1.89. The second-order valence-corrected chi connectivity index (χ2v) is 5.96. The molecule has 0 bridgehead atoms. The average Bonchev–Trinajstić information content (AvgIpc) is 2.46. The fourth-order valence-corrected chi connectivity index (χ4v) is 2.81. The number of aliphatic hydroxyl groups is 1. The van der Waals surface area contributed by atoms with Crippen LogP contribution in [0.4, 0.5) is 11.4 Å². The van der Waals surface area contributed by atoms with Crippen molar-refractivity contribution in [1.29, 1.82) is 0 Å². The van der Waals surface area contributed by atoms with Crippen LogP contribution in [-0.2, 0) is 4.79 Å². The van der Waals surface area contributed by atoms with Gasteiger partial charge in [0, 0.05) is 12.1 Å². The molecule has 0 aromatic heterocycles. The van der Waals surface area contributed by atoms with Crippen LogP contribution >= 0.6 is 11.6 Å². The summed E-state index contributed by atoms with van der Waals surface area (Å²) < 4.78 is 0. The molecule has 1 aromatic carbocycles. The molecular formula is C14H18ClN3O4. The van der Waals surface area contributed by atoms with Gasteiger partial charge in [-0.05, 0) is 18.9 Å². The number of hydrogen-bond acceptors (Lipinski definition) is 5. The van der Waals surface area contributed by atoms with Gasteiger partial charge in [0.05, 0.1) is 27.7 Å². The number of hydrogen-bond donors (Lipinski definition) is 3. The van der Waals surface area contributed by atoms with Crippen LogP contribution in [0.2, 0.25) is 5.02 Å². The van der Waals surface area contributed by atoms with E-state index in [2.05, 4.69) is 10.9 Å². The van der Waals surface area contributed by atoms with Gasteiger partial charge in [0.2, 0.25) is 5.91 Å². The summed E-state index contributed by atoms with van der Waals surface area (Å²) in [4.78, 5) is 22.0. The molecule has 1 fully saturated rings. The number of non-ortho nitro benzene ring substituents is 1. The standard InChI is InChI=1S/C14H18ClN3O4/c15-11-8-10(18(21)22)4-5-12(11)16-17-13(19)9-14(20)6-2-1-3-7-14/h4-5,8,16,20H,1-3,6-7,9H2,(H,17,19). The molecule has 1 saturated carbocycles. The first-order valence-electron chi connectivity index (χ1n) is 7.11. The molecule has 7 nitrogen and oxygen atoms in total. The van der Waals surface area contributed by atoms with E-state index in [-0.39, 0.29) is 23.0 Å². The third kappa shape index (κ3) is 4.32.